The molecule has 1 aromatic carbocycles. The number of nitrogens with zero attached hydrogens (tertiary/aromatic N) is 2. The van der Waals surface area contributed by atoms with E-state index in [1.54, 1.807) is 4.90 Å². The van der Waals surface area contributed by atoms with Gasteiger partial charge in [-0.25, -0.2) is 8.78 Å². The largest absolute Gasteiger partial charge is 0.402 e. The highest BCUT2D eigenvalue weighted by molar-refractivity contribution is 5.77. The molecule has 29 heavy (non-hydrogen) atoms. The normalized spacial score (nSPS) is 17.2. The number of hydrogen-bond acceptors (Lipinski definition) is 5. The van der Waals surface area contributed by atoms with Gasteiger partial charge in [-0.2, -0.15) is 5.26 Å². The monoisotopic (exact) mass is 404 g/mol. The molecule has 0 bridgehead atoms. The SMILES string of the molecule is COCC(=O)N(CCC#N)CC1CCCC(/C=C(\N)c2c(F)cccc2F)=C1N. The van der Waals surface area contributed by atoms with Crippen molar-refractivity contribution in [2.24, 2.45) is 17.4 Å². The lowest BCUT2D eigenvalue weighted by Gasteiger charge is -2.31. The second-order valence-corrected chi connectivity index (χ2v) is 6.95. The Bertz CT molecular complexity index is 825. The van der Waals surface area contributed by atoms with E-state index in [0.29, 0.717) is 24.2 Å². The zero-order chi connectivity index (χ0) is 21.4. The van der Waals surface area contributed by atoms with Crippen LogP contribution in [0.1, 0.15) is 31.2 Å². The molecule has 1 aliphatic carbocycles. The number of carbonyl (C=O) groups excluding carboxylic acids is 1. The average Bonchev–Trinajstić information content (AvgIpc) is 2.67. The molecular formula is C21H26F2N4O2. The van der Waals surface area contributed by atoms with Crippen molar-refractivity contribution in [2.45, 2.75) is 25.7 Å². The van der Waals surface area contributed by atoms with Crippen LogP contribution in [-0.2, 0) is 9.53 Å². The molecule has 0 aromatic heterocycles. The number of nitrogens with two attached hydrogens (primary N) is 2. The van der Waals surface area contributed by atoms with Gasteiger partial charge in [-0.3, -0.25) is 4.79 Å². The van der Waals surface area contributed by atoms with Crippen molar-refractivity contribution < 1.29 is 18.3 Å². The first-order chi connectivity index (χ1) is 13.9. The predicted octanol–water partition coefficient (Wildman–Crippen LogP) is 2.67. The van der Waals surface area contributed by atoms with Crippen molar-refractivity contribution in [1.29, 1.82) is 5.26 Å². The van der Waals surface area contributed by atoms with Crippen molar-refractivity contribution in [1.82, 2.24) is 4.90 Å². The zero-order valence-electron chi connectivity index (χ0n) is 16.5. The molecule has 0 radical (unpaired) electrons. The highest BCUT2D eigenvalue weighted by Gasteiger charge is 2.25. The zero-order valence-corrected chi connectivity index (χ0v) is 16.5. The van der Waals surface area contributed by atoms with Crippen LogP contribution >= 0.6 is 0 Å². The van der Waals surface area contributed by atoms with E-state index in [1.807, 2.05) is 6.07 Å². The number of benzene rings is 1. The summed E-state index contributed by atoms with van der Waals surface area (Å²) in [7, 11) is 1.43. The molecule has 1 unspecified atom stereocenters. The quantitative estimate of drug-likeness (QED) is 0.693. The summed E-state index contributed by atoms with van der Waals surface area (Å²) in [6.07, 6.45) is 3.91. The van der Waals surface area contributed by atoms with E-state index in [-0.39, 0.29) is 42.7 Å². The minimum Gasteiger partial charge on any atom is -0.402 e. The topological polar surface area (TPSA) is 105 Å². The maximum absolute atomic E-state index is 14.0. The van der Waals surface area contributed by atoms with Crippen molar-refractivity contribution in [3.05, 3.63) is 52.7 Å². The highest BCUT2D eigenvalue weighted by atomic mass is 19.1. The van der Waals surface area contributed by atoms with Gasteiger partial charge in [0, 0.05) is 37.5 Å². The Labute approximate surface area is 169 Å². The standard InChI is InChI=1S/C21H26F2N4O2/c1-29-13-19(28)27(10-4-9-24)12-15-6-2-5-14(21(15)26)11-18(25)20-16(22)7-3-8-17(20)23/h3,7-8,11,15H,2,4-6,10,12-13,25-26H2,1H3/b18-11-. The summed E-state index contributed by atoms with van der Waals surface area (Å²) in [6, 6.07) is 5.60. The van der Waals surface area contributed by atoms with E-state index < -0.39 is 11.6 Å². The molecule has 0 saturated heterocycles. The van der Waals surface area contributed by atoms with Gasteiger partial charge in [0.05, 0.1) is 18.1 Å². The van der Waals surface area contributed by atoms with E-state index in [0.717, 1.165) is 25.0 Å². The van der Waals surface area contributed by atoms with Crippen molar-refractivity contribution >= 4 is 11.6 Å². The molecule has 1 aromatic rings. The molecule has 1 amide bonds. The number of amides is 1. The van der Waals surface area contributed by atoms with E-state index in [4.69, 9.17) is 21.5 Å². The summed E-state index contributed by atoms with van der Waals surface area (Å²) >= 11 is 0. The lowest BCUT2D eigenvalue weighted by atomic mass is 9.86. The van der Waals surface area contributed by atoms with Gasteiger partial charge < -0.3 is 21.1 Å². The van der Waals surface area contributed by atoms with Crippen LogP contribution in [0.15, 0.2) is 35.5 Å². The Kier molecular flexibility index (Phi) is 8.16. The van der Waals surface area contributed by atoms with Gasteiger partial charge in [0.25, 0.3) is 0 Å². The van der Waals surface area contributed by atoms with Crippen molar-refractivity contribution in [3.8, 4) is 6.07 Å². The van der Waals surface area contributed by atoms with Gasteiger partial charge in [-0.15, -0.1) is 0 Å². The van der Waals surface area contributed by atoms with Gasteiger partial charge in [0.2, 0.25) is 5.91 Å². The molecular weight excluding hydrogens is 378 g/mol. The van der Waals surface area contributed by atoms with Crippen LogP contribution in [0.2, 0.25) is 0 Å². The van der Waals surface area contributed by atoms with Gasteiger partial charge in [-0.05, 0) is 43.0 Å². The summed E-state index contributed by atoms with van der Waals surface area (Å²) in [5.41, 5.74) is 13.2. The molecule has 1 atom stereocenters. The molecule has 6 nitrogen and oxygen atoms in total. The third-order valence-corrected chi connectivity index (χ3v) is 4.95. The molecule has 2 rings (SSSR count). The Morgan fingerprint density at radius 2 is 2.10 bits per heavy atom. The summed E-state index contributed by atoms with van der Waals surface area (Å²) in [4.78, 5) is 13.8. The first kappa shape index (κ1) is 22.4. The Morgan fingerprint density at radius 1 is 1.41 bits per heavy atom. The first-order valence-corrected chi connectivity index (χ1v) is 9.42. The smallest absolute Gasteiger partial charge is 0.248 e. The molecule has 0 saturated carbocycles. The fourth-order valence-corrected chi connectivity index (χ4v) is 3.46. The Morgan fingerprint density at radius 3 is 2.72 bits per heavy atom. The molecule has 0 heterocycles. The Balaban J connectivity index is 2.26. The highest BCUT2D eigenvalue weighted by Crippen LogP contribution is 2.30. The van der Waals surface area contributed by atoms with Crippen LogP contribution in [0.4, 0.5) is 8.78 Å². The van der Waals surface area contributed by atoms with Crippen LogP contribution in [0.3, 0.4) is 0 Å². The number of hydrogen-bond donors (Lipinski definition) is 2. The van der Waals surface area contributed by atoms with Gasteiger partial charge in [0.15, 0.2) is 0 Å². The molecule has 0 spiro atoms. The number of halogens is 2. The summed E-state index contributed by atoms with van der Waals surface area (Å²) in [6.45, 7) is 0.561. The third-order valence-electron chi connectivity index (χ3n) is 4.95. The van der Waals surface area contributed by atoms with E-state index in [1.165, 1.54) is 19.3 Å². The third kappa shape index (κ3) is 5.78. The molecule has 0 fully saturated rings. The minimum absolute atomic E-state index is 0.0315. The van der Waals surface area contributed by atoms with E-state index >= 15 is 0 Å². The summed E-state index contributed by atoms with van der Waals surface area (Å²) in [5.74, 6) is -1.82. The maximum atomic E-state index is 14.0. The number of carbonyl (C=O) groups is 1. The lowest BCUT2D eigenvalue weighted by Crippen LogP contribution is -2.40. The second kappa shape index (κ2) is 10.6. The predicted molar refractivity (Wildman–Crippen MR) is 106 cm³/mol. The molecule has 4 N–H and O–H groups in total. The van der Waals surface area contributed by atoms with E-state index in [2.05, 4.69) is 0 Å². The maximum Gasteiger partial charge on any atom is 0.248 e. The lowest BCUT2D eigenvalue weighted by molar-refractivity contribution is -0.135. The first-order valence-electron chi connectivity index (χ1n) is 9.42. The van der Waals surface area contributed by atoms with Crippen molar-refractivity contribution in [3.63, 3.8) is 0 Å². The molecule has 156 valence electrons. The number of ether oxygens (including phenoxy) is 1. The molecule has 0 aliphatic heterocycles. The van der Waals surface area contributed by atoms with Crippen LogP contribution in [0.25, 0.3) is 5.70 Å². The Hall–Kier alpha value is -2.92. The number of methoxy groups -OCH3 is 1. The molecule has 8 heteroatoms. The van der Waals surface area contributed by atoms with Gasteiger partial charge >= 0.3 is 0 Å². The fourth-order valence-electron chi connectivity index (χ4n) is 3.46. The van der Waals surface area contributed by atoms with Gasteiger partial charge in [-0.1, -0.05) is 6.07 Å². The van der Waals surface area contributed by atoms with Crippen LogP contribution < -0.4 is 11.5 Å². The number of rotatable bonds is 8. The van der Waals surface area contributed by atoms with Crippen LogP contribution in [0, 0.1) is 28.9 Å². The summed E-state index contributed by atoms with van der Waals surface area (Å²) in [5, 5.41) is 8.84. The minimum atomic E-state index is -0.738. The fraction of sp³-hybridized carbons (Fsp3) is 0.429. The van der Waals surface area contributed by atoms with Gasteiger partial charge in [0.1, 0.15) is 18.2 Å². The van der Waals surface area contributed by atoms with E-state index in [9.17, 15) is 13.6 Å². The summed E-state index contributed by atoms with van der Waals surface area (Å²) < 4.78 is 32.9. The average molecular weight is 404 g/mol. The van der Waals surface area contributed by atoms with Crippen molar-refractivity contribution in [2.75, 3.05) is 26.8 Å². The number of nitriles is 1. The number of allylic oxidation sites excluding steroid dienone is 2. The second-order valence-electron chi connectivity index (χ2n) is 6.95. The van der Waals surface area contributed by atoms with Crippen LogP contribution in [-0.4, -0.2) is 37.6 Å². The van der Waals surface area contributed by atoms with Crippen LogP contribution in [0.5, 0.6) is 0 Å². The molecule has 1 aliphatic rings.